The number of para-hydroxylation sites is 1. The van der Waals surface area contributed by atoms with Gasteiger partial charge >= 0.3 is 0 Å². The molecule has 32 heavy (non-hydrogen) atoms. The molecule has 0 saturated carbocycles. The van der Waals surface area contributed by atoms with E-state index < -0.39 is 10.6 Å². The highest BCUT2D eigenvalue weighted by molar-refractivity contribution is 8.24. The lowest BCUT2D eigenvalue weighted by atomic mass is 10.1. The quantitative estimate of drug-likeness (QED) is 0.500. The van der Waals surface area contributed by atoms with E-state index in [0.29, 0.717) is 17.3 Å². The Labute approximate surface area is 190 Å². The molecule has 0 unspecified atom stereocenters. The van der Waals surface area contributed by atoms with Crippen LogP contribution in [-0.4, -0.2) is 54.7 Å². The molecule has 0 radical (unpaired) electrons. The van der Waals surface area contributed by atoms with E-state index in [0.717, 1.165) is 53.3 Å². The second kappa shape index (κ2) is 8.69. The molecule has 8 heteroatoms. The highest BCUT2D eigenvalue weighted by Gasteiger charge is 2.28. The van der Waals surface area contributed by atoms with Crippen LogP contribution in [0.15, 0.2) is 36.4 Å². The van der Waals surface area contributed by atoms with Crippen molar-refractivity contribution >= 4 is 45.3 Å². The first kappa shape index (κ1) is 21.2. The van der Waals surface area contributed by atoms with Crippen molar-refractivity contribution in [2.45, 2.75) is 32.2 Å². The molecule has 2 aliphatic heterocycles. The average molecular weight is 452 g/mol. The highest BCUT2D eigenvalue weighted by Crippen LogP contribution is 2.46. The molecule has 2 fully saturated rings. The molecule has 2 aliphatic rings. The van der Waals surface area contributed by atoms with Crippen LogP contribution in [0.3, 0.4) is 0 Å². The molecule has 168 valence electrons. The Morgan fingerprint density at radius 3 is 2.66 bits per heavy atom. The Bertz CT molecular complexity index is 1160. The summed E-state index contributed by atoms with van der Waals surface area (Å²) in [5, 5.41) is 4.54. The van der Waals surface area contributed by atoms with Crippen LogP contribution in [0.5, 0.6) is 0 Å². The van der Waals surface area contributed by atoms with Crippen molar-refractivity contribution in [2.24, 2.45) is 0 Å². The normalized spacial score (nSPS) is 21.5. The van der Waals surface area contributed by atoms with E-state index in [4.69, 9.17) is 15.0 Å². The van der Waals surface area contributed by atoms with Crippen LogP contribution in [0.1, 0.15) is 36.3 Å². The summed E-state index contributed by atoms with van der Waals surface area (Å²) in [4.78, 5) is 16.6. The molecule has 4 heterocycles. The summed E-state index contributed by atoms with van der Waals surface area (Å²) in [5.74, 6) is 3.09. The van der Waals surface area contributed by atoms with Gasteiger partial charge in [0.1, 0.15) is 11.6 Å². The summed E-state index contributed by atoms with van der Waals surface area (Å²) in [7, 11) is -2.46. The van der Waals surface area contributed by atoms with Crippen LogP contribution < -0.4 is 10.2 Å². The third kappa shape index (κ3) is 4.72. The summed E-state index contributed by atoms with van der Waals surface area (Å²) < 4.78 is 20.0. The van der Waals surface area contributed by atoms with Gasteiger partial charge in [0, 0.05) is 36.3 Å². The Hall–Kier alpha value is -2.68. The Morgan fingerprint density at radius 1 is 1.06 bits per heavy atom. The van der Waals surface area contributed by atoms with E-state index in [1.54, 1.807) is 0 Å². The molecular formula is C24H29N5O2S. The molecule has 2 saturated heterocycles. The smallest absolute Gasteiger partial charge is 0.156 e. The fourth-order valence-electron chi connectivity index (χ4n) is 4.41. The van der Waals surface area contributed by atoms with E-state index in [-0.39, 0.29) is 6.04 Å². The molecule has 0 bridgehead atoms. The van der Waals surface area contributed by atoms with Crippen molar-refractivity contribution in [3.05, 3.63) is 53.5 Å². The van der Waals surface area contributed by atoms with Gasteiger partial charge in [-0.3, -0.25) is 9.11 Å². The second-order valence-electron chi connectivity index (χ2n) is 8.68. The maximum absolute atomic E-state index is 9.98. The predicted molar refractivity (Wildman–Crippen MR) is 133 cm³/mol. The minimum absolute atomic E-state index is 0.0163. The van der Waals surface area contributed by atoms with Crippen LogP contribution in [0.25, 0.3) is 23.1 Å². The number of nitrogens with one attached hydrogen (secondary N) is 1. The first-order valence-corrected chi connectivity index (χ1v) is 13.0. The SMILES string of the molecule is Cc1cc2ccccc2nc1/C=C/c1nc(N[C@@H]2CCS(O)(O)C2)cc(N2CCCC2)n1. The molecule has 2 aromatic heterocycles. The number of rotatable bonds is 5. The van der Waals surface area contributed by atoms with E-state index in [1.165, 1.54) is 12.8 Å². The summed E-state index contributed by atoms with van der Waals surface area (Å²) in [6, 6.07) is 12.3. The average Bonchev–Trinajstić information content (AvgIpc) is 3.42. The number of hydrogen-bond acceptors (Lipinski definition) is 7. The molecule has 0 aliphatic carbocycles. The van der Waals surface area contributed by atoms with Gasteiger partial charge < -0.3 is 10.2 Å². The standard InChI is InChI=1S/C24H29N5O2S/c1-17-14-18-6-2-3-7-21(18)26-20(17)8-9-22-27-23(25-19-10-13-32(30,31)16-19)15-24(28-22)29-11-4-5-12-29/h2-3,6-9,14-15,19,30-31H,4-5,10-13,16H2,1H3,(H,25,27,28)/b9-8+/t19-/m1/s1. The summed E-state index contributed by atoms with van der Waals surface area (Å²) in [6.45, 7) is 4.05. The van der Waals surface area contributed by atoms with Gasteiger partial charge in [0.05, 0.1) is 17.0 Å². The van der Waals surface area contributed by atoms with E-state index >= 15 is 0 Å². The van der Waals surface area contributed by atoms with Crippen molar-refractivity contribution in [3.8, 4) is 0 Å². The lowest BCUT2D eigenvalue weighted by Gasteiger charge is -2.26. The van der Waals surface area contributed by atoms with Crippen molar-refractivity contribution in [3.63, 3.8) is 0 Å². The lowest BCUT2D eigenvalue weighted by molar-refractivity contribution is 0.495. The molecule has 0 spiro atoms. The van der Waals surface area contributed by atoms with Crippen LogP contribution >= 0.6 is 10.6 Å². The van der Waals surface area contributed by atoms with Gasteiger partial charge in [-0.25, -0.2) is 15.0 Å². The van der Waals surface area contributed by atoms with Gasteiger partial charge in [-0.05, 0) is 56.0 Å². The predicted octanol–water partition coefficient (Wildman–Crippen LogP) is 5.04. The first-order chi connectivity index (χ1) is 15.4. The minimum Gasteiger partial charge on any atom is -0.366 e. The molecule has 1 atom stereocenters. The maximum Gasteiger partial charge on any atom is 0.156 e. The van der Waals surface area contributed by atoms with Gasteiger partial charge in [0.15, 0.2) is 5.82 Å². The van der Waals surface area contributed by atoms with Gasteiger partial charge in [0.25, 0.3) is 0 Å². The largest absolute Gasteiger partial charge is 0.366 e. The minimum atomic E-state index is -2.46. The number of nitrogens with zero attached hydrogens (tertiary/aromatic N) is 4. The van der Waals surface area contributed by atoms with Gasteiger partial charge in [-0.1, -0.05) is 18.2 Å². The van der Waals surface area contributed by atoms with Crippen molar-refractivity contribution in [1.29, 1.82) is 0 Å². The van der Waals surface area contributed by atoms with E-state index in [1.807, 2.05) is 36.4 Å². The first-order valence-electron chi connectivity index (χ1n) is 11.1. The number of benzene rings is 1. The van der Waals surface area contributed by atoms with Crippen molar-refractivity contribution in [2.75, 3.05) is 34.8 Å². The van der Waals surface area contributed by atoms with Gasteiger partial charge in [-0.15, -0.1) is 0 Å². The monoisotopic (exact) mass is 451 g/mol. The van der Waals surface area contributed by atoms with Crippen LogP contribution in [0.2, 0.25) is 0 Å². The molecule has 1 aromatic carbocycles. The number of pyridine rings is 1. The Kier molecular flexibility index (Phi) is 5.75. The van der Waals surface area contributed by atoms with E-state index in [9.17, 15) is 9.11 Å². The van der Waals surface area contributed by atoms with Crippen molar-refractivity contribution in [1.82, 2.24) is 15.0 Å². The fourth-order valence-corrected chi connectivity index (χ4v) is 6.13. The fraction of sp³-hybridized carbons (Fsp3) is 0.375. The topological polar surface area (TPSA) is 94.4 Å². The zero-order chi connectivity index (χ0) is 22.1. The maximum atomic E-state index is 9.98. The molecule has 7 nitrogen and oxygen atoms in total. The molecule has 0 amide bonds. The number of hydrogen-bond donors (Lipinski definition) is 3. The van der Waals surface area contributed by atoms with Crippen LogP contribution in [-0.2, 0) is 0 Å². The van der Waals surface area contributed by atoms with Crippen LogP contribution in [0, 0.1) is 6.92 Å². The zero-order valence-corrected chi connectivity index (χ0v) is 19.1. The summed E-state index contributed by atoms with van der Waals surface area (Å²) in [5.41, 5.74) is 2.97. The molecular weight excluding hydrogens is 422 g/mol. The summed E-state index contributed by atoms with van der Waals surface area (Å²) in [6.07, 6.45) is 6.96. The van der Waals surface area contributed by atoms with Gasteiger partial charge in [0.2, 0.25) is 0 Å². The van der Waals surface area contributed by atoms with Crippen LogP contribution in [0.4, 0.5) is 11.6 Å². The number of aromatic nitrogens is 3. The number of fused-ring (bicyclic) bond motifs is 1. The highest BCUT2D eigenvalue weighted by atomic mass is 32.3. The van der Waals surface area contributed by atoms with Gasteiger partial charge in [-0.2, -0.15) is 10.6 Å². The third-order valence-corrected chi connectivity index (χ3v) is 7.94. The lowest BCUT2D eigenvalue weighted by Crippen LogP contribution is -2.23. The molecule has 3 N–H and O–H groups in total. The van der Waals surface area contributed by atoms with Crippen molar-refractivity contribution < 1.29 is 9.11 Å². The number of aryl methyl sites for hydroxylation is 1. The second-order valence-corrected chi connectivity index (χ2v) is 11.0. The molecule has 3 aromatic rings. The molecule has 5 rings (SSSR count). The van der Waals surface area contributed by atoms with E-state index in [2.05, 4.69) is 29.3 Å². The third-order valence-electron chi connectivity index (χ3n) is 6.12. The Morgan fingerprint density at radius 2 is 1.88 bits per heavy atom. The zero-order valence-electron chi connectivity index (χ0n) is 18.2. The Balaban J connectivity index is 1.44. The number of anilines is 2. The summed E-state index contributed by atoms with van der Waals surface area (Å²) >= 11 is 0.